The SMILES string of the molecule is CCNC(=O)C1(CC(O)CO)c2ccccc2-c2ccccc21. The number of rotatable bonds is 5. The van der Waals surface area contributed by atoms with Crippen molar-refractivity contribution >= 4 is 5.91 Å². The number of carbonyl (C=O) groups is 1. The van der Waals surface area contributed by atoms with Gasteiger partial charge in [0.05, 0.1) is 12.7 Å². The molecule has 0 saturated carbocycles. The van der Waals surface area contributed by atoms with Crippen molar-refractivity contribution in [3.8, 4) is 11.1 Å². The molecule has 1 amide bonds. The molecule has 3 rings (SSSR count). The van der Waals surface area contributed by atoms with Crippen LogP contribution >= 0.6 is 0 Å². The van der Waals surface area contributed by atoms with E-state index in [0.29, 0.717) is 6.54 Å². The highest BCUT2D eigenvalue weighted by Gasteiger charge is 2.49. The maximum absolute atomic E-state index is 13.0. The van der Waals surface area contributed by atoms with Crippen LogP contribution in [0.1, 0.15) is 24.5 Å². The van der Waals surface area contributed by atoms with Gasteiger partial charge in [-0.3, -0.25) is 4.79 Å². The van der Waals surface area contributed by atoms with E-state index in [0.717, 1.165) is 22.3 Å². The maximum atomic E-state index is 13.0. The number of likely N-dealkylation sites (N-methyl/N-ethyl adjacent to an activating group) is 1. The van der Waals surface area contributed by atoms with Crippen molar-refractivity contribution < 1.29 is 15.0 Å². The van der Waals surface area contributed by atoms with E-state index < -0.39 is 11.5 Å². The smallest absolute Gasteiger partial charge is 0.235 e. The van der Waals surface area contributed by atoms with Gasteiger partial charge in [-0.05, 0) is 35.6 Å². The van der Waals surface area contributed by atoms with Gasteiger partial charge in [0.1, 0.15) is 5.41 Å². The third-order valence-electron chi connectivity index (χ3n) is 4.54. The number of nitrogens with one attached hydrogen (secondary N) is 1. The van der Waals surface area contributed by atoms with Gasteiger partial charge in [-0.25, -0.2) is 0 Å². The minimum absolute atomic E-state index is 0.134. The van der Waals surface area contributed by atoms with Crippen molar-refractivity contribution in [2.24, 2.45) is 0 Å². The van der Waals surface area contributed by atoms with Crippen LogP contribution < -0.4 is 5.32 Å². The van der Waals surface area contributed by atoms with Gasteiger partial charge in [0.15, 0.2) is 0 Å². The highest BCUT2D eigenvalue weighted by atomic mass is 16.3. The summed E-state index contributed by atoms with van der Waals surface area (Å²) in [6, 6.07) is 15.6. The summed E-state index contributed by atoms with van der Waals surface area (Å²) >= 11 is 0. The zero-order valence-electron chi connectivity index (χ0n) is 13.1. The average Bonchev–Trinajstić information content (AvgIpc) is 2.87. The summed E-state index contributed by atoms with van der Waals surface area (Å²) in [6.07, 6.45) is -0.805. The molecule has 1 atom stereocenters. The molecule has 1 unspecified atom stereocenters. The molecule has 0 spiro atoms. The van der Waals surface area contributed by atoms with Crippen LogP contribution in [0.4, 0.5) is 0 Å². The van der Waals surface area contributed by atoms with Crippen molar-refractivity contribution in [2.45, 2.75) is 24.9 Å². The van der Waals surface area contributed by atoms with Gasteiger partial charge < -0.3 is 15.5 Å². The number of fused-ring (bicyclic) bond motifs is 3. The van der Waals surface area contributed by atoms with Crippen LogP contribution in [0.25, 0.3) is 11.1 Å². The van der Waals surface area contributed by atoms with Crippen LogP contribution in [0.3, 0.4) is 0 Å². The molecule has 0 heterocycles. The molecule has 1 aliphatic rings. The number of aliphatic hydroxyl groups is 2. The van der Waals surface area contributed by atoms with E-state index in [1.165, 1.54) is 0 Å². The molecule has 0 bridgehead atoms. The predicted molar refractivity (Wildman–Crippen MR) is 89.1 cm³/mol. The average molecular weight is 311 g/mol. The van der Waals surface area contributed by atoms with Crippen molar-refractivity contribution in [2.75, 3.05) is 13.2 Å². The summed E-state index contributed by atoms with van der Waals surface area (Å²) < 4.78 is 0. The quantitative estimate of drug-likeness (QED) is 0.789. The van der Waals surface area contributed by atoms with Crippen molar-refractivity contribution in [3.63, 3.8) is 0 Å². The lowest BCUT2D eigenvalue weighted by Gasteiger charge is -2.32. The molecular weight excluding hydrogens is 290 g/mol. The second kappa shape index (κ2) is 6.14. The normalized spacial score (nSPS) is 15.6. The van der Waals surface area contributed by atoms with Crippen LogP contribution in [0.2, 0.25) is 0 Å². The van der Waals surface area contributed by atoms with E-state index in [1.807, 2.05) is 55.5 Å². The summed E-state index contributed by atoms with van der Waals surface area (Å²) in [5, 5.41) is 22.4. The Kier molecular flexibility index (Phi) is 4.20. The minimum atomic E-state index is -0.967. The number of aliphatic hydroxyl groups excluding tert-OH is 2. The fourth-order valence-electron chi connectivity index (χ4n) is 3.61. The highest BCUT2D eigenvalue weighted by Crippen LogP contribution is 2.51. The van der Waals surface area contributed by atoms with Gasteiger partial charge in [-0.2, -0.15) is 0 Å². The van der Waals surface area contributed by atoms with Crippen molar-refractivity contribution in [3.05, 3.63) is 59.7 Å². The van der Waals surface area contributed by atoms with Crippen LogP contribution in [0, 0.1) is 0 Å². The minimum Gasteiger partial charge on any atom is -0.394 e. The molecule has 4 nitrogen and oxygen atoms in total. The largest absolute Gasteiger partial charge is 0.394 e. The molecule has 4 heteroatoms. The van der Waals surface area contributed by atoms with Crippen LogP contribution in [0.15, 0.2) is 48.5 Å². The monoisotopic (exact) mass is 311 g/mol. The van der Waals surface area contributed by atoms with E-state index in [1.54, 1.807) is 0 Å². The number of amides is 1. The zero-order valence-corrected chi connectivity index (χ0v) is 13.1. The van der Waals surface area contributed by atoms with Crippen molar-refractivity contribution in [1.82, 2.24) is 5.32 Å². The Labute approximate surface area is 135 Å². The maximum Gasteiger partial charge on any atom is 0.235 e. The zero-order chi connectivity index (χ0) is 16.4. The first-order valence-electron chi connectivity index (χ1n) is 7.91. The first-order valence-corrected chi connectivity index (χ1v) is 7.91. The molecule has 0 saturated heterocycles. The second-order valence-corrected chi connectivity index (χ2v) is 5.90. The highest BCUT2D eigenvalue weighted by molar-refractivity contribution is 6.00. The Morgan fingerprint density at radius 1 is 1.09 bits per heavy atom. The number of hydrogen-bond acceptors (Lipinski definition) is 3. The van der Waals surface area contributed by atoms with E-state index >= 15 is 0 Å². The summed E-state index contributed by atoms with van der Waals surface area (Å²) in [5.74, 6) is -0.134. The molecule has 2 aromatic carbocycles. The van der Waals surface area contributed by atoms with E-state index in [9.17, 15) is 15.0 Å². The van der Waals surface area contributed by atoms with Gasteiger partial charge in [0.2, 0.25) is 5.91 Å². The first-order chi connectivity index (χ1) is 11.1. The molecule has 0 fully saturated rings. The summed E-state index contributed by atoms with van der Waals surface area (Å²) in [4.78, 5) is 13.0. The lowest BCUT2D eigenvalue weighted by molar-refractivity contribution is -0.126. The molecule has 1 aliphatic carbocycles. The standard InChI is InChI=1S/C19H21NO3/c1-2-20-18(23)19(11-13(22)12-21)16-9-5-3-7-14(16)15-8-4-6-10-17(15)19/h3-10,13,21-22H,2,11-12H2,1H3,(H,20,23). The summed E-state index contributed by atoms with van der Waals surface area (Å²) in [6.45, 7) is 2.02. The molecule has 120 valence electrons. The fourth-order valence-corrected chi connectivity index (χ4v) is 3.61. The van der Waals surface area contributed by atoms with E-state index in [2.05, 4.69) is 5.32 Å². The molecule has 2 aromatic rings. The van der Waals surface area contributed by atoms with Gasteiger partial charge in [-0.1, -0.05) is 48.5 Å². The Morgan fingerprint density at radius 3 is 2.09 bits per heavy atom. The first kappa shape index (κ1) is 15.7. The molecule has 3 N–H and O–H groups in total. The predicted octanol–water partition coefficient (Wildman–Crippen LogP) is 1.83. The number of carbonyl (C=O) groups excluding carboxylic acids is 1. The van der Waals surface area contributed by atoms with Gasteiger partial charge in [-0.15, -0.1) is 0 Å². The lowest BCUT2D eigenvalue weighted by atomic mass is 9.73. The van der Waals surface area contributed by atoms with Crippen molar-refractivity contribution in [1.29, 1.82) is 0 Å². The molecule has 0 aromatic heterocycles. The van der Waals surface area contributed by atoms with Gasteiger partial charge >= 0.3 is 0 Å². The number of hydrogen-bond donors (Lipinski definition) is 3. The Morgan fingerprint density at radius 2 is 1.61 bits per heavy atom. The van der Waals surface area contributed by atoms with E-state index in [-0.39, 0.29) is 18.9 Å². The van der Waals surface area contributed by atoms with Gasteiger partial charge in [0, 0.05) is 6.54 Å². The third-order valence-corrected chi connectivity index (χ3v) is 4.54. The third kappa shape index (κ3) is 2.35. The topological polar surface area (TPSA) is 69.6 Å². The Bertz CT molecular complexity index is 681. The Hall–Kier alpha value is -2.17. The summed E-state index contributed by atoms with van der Waals surface area (Å²) in [7, 11) is 0. The van der Waals surface area contributed by atoms with Gasteiger partial charge in [0.25, 0.3) is 0 Å². The van der Waals surface area contributed by atoms with E-state index in [4.69, 9.17) is 0 Å². The molecule has 0 aliphatic heterocycles. The Balaban J connectivity index is 2.27. The summed E-state index contributed by atoms with van der Waals surface area (Å²) in [5.41, 5.74) is 2.84. The van der Waals surface area contributed by atoms with Crippen LogP contribution in [-0.2, 0) is 10.2 Å². The van der Waals surface area contributed by atoms with Crippen LogP contribution in [-0.4, -0.2) is 35.4 Å². The molecule has 0 radical (unpaired) electrons. The fraction of sp³-hybridized carbons (Fsp3) is 0.316. The van der Waals surface area contributed by atoms with Crippen LogP contribution in [0.5, 0.6) is 0 Å². The molecular formula is C19H21NO3. The second-order valence-electron chi connectivity index (χ2n) is 5.90. The lowest BCUT2D eigenvalue weighted by Crippen LogP contribution is -2.46. The number of benzene rings is 2. The molecule has 23 heavy (non-hydrogen) atoms.